The lowest BCUT2D eigenvalue weighted by atomic mass is 10.0. The molecular weight excluding hydrogens is 264 g/mol. The van der Waals surface area contributed by atoms with E-state index in [1.54, 1.807) is 0 Å². The van der Waals surface area contributed by atoms with E-state index in [9.17, 15) is 4.79 Å². The van der Waals surface area contributed by atoms with Crippen molar-refractivity contribution < 1.29 is 4.79 Å². The van der Waals surface area contributed by atoms with Crippen LogP contribution >= 0.6 is 0 Å². The molecule has 116 valence electrons. The molecule has 3 rings (SSSR count). The van der Waals surface area contributed by atoms with Crippen LogP contribution in [0.2, 0.25) is 0 Å². The summed E-state index contributed by atoms with van der Waals surface area (Å²) in [5, 5.41) is 8.11. The molecule has 1 aliphatic heterocycles. The molecule has 1 aromatic rings. The molecule has 0 radical (unpaired) electrons. The number of likely N-dealkylation sites (tertiary alicyclic amines) is 1. The lowest BCUT2D eigenvalue weighted by Gasteiger charge is -2.34. The minimum atomic E-state index is 0.314. The molecule has 0 aromatic carbocycles. The predicted octanol–water partition coefficient (Wildman–Crippen LogP) is 1.78. The van der Waals surface area contributed by atoms with Gasteiger partial charge in [-0.2, -0.15) is 5.10 Å². The zero-order valence-electron chi connectivity index (χ0n) is 13.3. The number of nitrogens with one attached hydrogen (secondary N) is 1. The maximum absolute atomic E-state index is 12.1. The highest BCUT2D eigenvalue weighted by atomic mass is 16.2. The summed E-state index contributed by atoms with van der Waals surface area (Å²) in [6.07, 6.45) is 6.42. The van der Waals surface area contributed by atoms with Gasteiger partial charge in [-0.1, -0.05) is 0 Å². The first-order valence-corrected chi connectivity index (χ1v) is 8.09. The first-order valence-electron chi connectivity index (χ1n) is 8.09. The van der Waals surface area contributed by atoms with Gasteiger partial charge in [-0.3, -0.25) is 9.48 Å². The average Bonchev–Trinajstić information content (AvgIpc) is 3.24. The van der Waals surface area contributed by atoms with Crippen LogP contribution < -0.4 is 5.32 Å². The number of hydrogen-bond donors (Lipinski definition) is 1. The van der Waals surface area contributed by atoms with E-state index >= 15 is 0 Å². The molecule has 1 unspecified atom stereocenters. The molecule has 2 fully saturated rings. The normalized spacial score (nSPS) is 21.6. The van der Waals surface area contributed by atoms with Gasteiger partial charge in [-0.25, -0.2) is 0 Å². The molecule has 1 atom stereocenters. The first-order chi connectivity index (χ1) is 10.0. The van der Waals surface area contributed by atoms with Crippen molar-refractivity contribution in [2.24, 2.45) is 13.0 Å². The topological polar surface area (TPSA) is 50.2 Å². The Bertz CT molecular complexity index is 512. The van der Waals surface area contributed by atoms with E-state index in [2.05, 4.69) is 35.4 Å². The maximum atomic E-state index is 12.1. The summed E-state index contributed by atoms with van der Waals surface area (Å²) in [4.78, 5) is 14.1. The van der Waals surface area contributed by atoms with Gasteiger partial charge in [0.15, 0.2) is 0 Å². The summed E-state index contributed by atoms with van der Waals surface area (Å²) in [6.45, 7) is 6.08. The minimum absolute atomic E-state index is 0.314. The van der Waals surface area contributed by atoms with Gasteiger partial charge in [0, 0.05) is 49.9 Å². The van der Waals surface area contributed by atoms with Crippen LogP contribution in [-0.2, 0) is 11.8 Å². The van der Waals surface area contributed by atoms with Crippen molar-refractivity contribution in [3.05, 3.63) is 17.5 Å². The van der Waals surface area contributed by atoms with Crippen molar-refractivity contribution in [2.75, 3.05) is 13.1 Å². The second-order valence-electron chi connectivity index (χ2n) is 6.61. The Kier molecular flexibility index (Phi) is 4.02. The van der Waals surface area contributed by atoms with E-state index in [1.165, 1.54) is 5.56 Å². The van der Waals surface area contributed by atoms with E-state index in [4.69, 9.17) is 0 Å². The smallest absolute Gasteiger partial charge is 0.225 e. The molecule has 2 heterocycles. The molecule has 5 nitrogen and oxygen atoms in total. The summed E-state index contributed by atoms with van der Waals surface area (Å²) in [6, 6.07) is 0.817. The molecule has 1 saturated carbocycles. The SMILES string of the molecule is Cc1nn(C)cc1C(C)NC1CCN(C(=O)C2CC2)CC1. The Labute approximate surface area is 126 Å². The molecule has 1 N–H and O–H groups in total. The summed E-state index contributed by atoms with van der Waals surface area (Å²) in [5.41, 5.74) is 2.37. The Balaban J connectivity index is 1.50. The van der Waals surface area contributed by atoms with Gasteiger partial charge in [-0.15, -0.1) is 0 Å². The fourth-order valence-electron chi connectivity index (χ4n) is 3.34. The van der Waals surface area contributed by atoms with E-state index < -0.39 is 0 Å². The van der Waals surface area contributed by atoms with Crippen molar-refractivity contribution in [2.45, 2.75) is 51.6 Å². The number of hydrogen-bond acceptors (Lipinski definition) is 3. The van der Waals surface area contributed by atoms with E-state index in [0.29, 0.717) is 23.9 Å². The van der Waals surface area contributed by atoms with Gasteiger partial charge in [0.05, 0.1) is 5.69 Å². The Hall–Kier alpha value is -1.36. The minimum Gasteiger partial charge on any atom is -0.342 e. The van der Waals surface area contributed by atoms with Gasteiger partial charge in [0.25, 0.3) is 0 Å². The van der Waals surface area contributed by atoms with Crippen LogP contribution in [0.3, 0.4) is 0 Å². The monoisotopic (exact) mass is 290 g/mol. The number of nitrogens with zero attached hydrogens (tertiary/aromatic N) is 3. The Morgan fingerprint density at radius 2 is 2.00 bits per heavy atom. The third-order valence-electron chi connectivity index (χ3n) is 4.74. The Morgan fingerprint density at radius 3 is 2.52 bits per heavy atom. The molecule has 1 saturated heterocycles. The first kappa shape index (κ1) is 14.6. The van der Waals surface area contributed by atoms with Crippen molar-refractivity contribution in [3.8, 4) is 0 Å². The fraction of sp³-hybridized carbons (Fsp3) is 0.750. The molecule has 1 aromatic heterocycles. The van der Waals surface area contributed by atoms with Crippen LogP contribution in [0, 0.1) is 12.8 Å². The molecule has 5 heteroatoms. The quantitative estimate of drug-likeness (QED) is 0.919. The van der Waals surface area contributed by atoms with Gasteiger partial charge >= 0.3 is 0 Å². The molecule has 1 amide bonds. The van der Waals surface area contributed by atoms with Crippen LogP contribution in [-0.4, -0.2) is 39.7 Å². The van der Waals surface area contributed by atoms with E-state index in [-0.39, 0.29) is 0 Å². The predicted molar refractivity (Wildman–Crippen MR) is 81.8 cm³/mol. The van der Waals surface area contributed by atoms with Crippen molar-refractivity contribution in [1.29, 1.82) is 0 Å². The fourth-order valence-corrected chi connectivity index (χ4v) is 3.34. The highest BCUT2D eigenvalue weighted by Crippen LogP contribution is 2.32. The van der Waals surface area contributed by atoms with Gasteiger partial charge in [0.2, 0.25) is 5.91 Å². The Morgan fingerprint density at radius 1 is 1.33 bits per heavy atom. The zero-order chi connectivity index (χ0) is 15.0. The molecule has 0 spiro atoms. The second-order valence-corrected chi connectivity index (χ2v) is 6.61. The van der Waals surface area contributed by atoms with Crippen LogP contribution in [0.5, 0.6) is 0 Å². The number of amides is 1. The van der Waals surface area contributed by atoms with Gasteiger partial charge in [-0.05, 0) is 39.5 Å². The highest BCUT2D eigenvalue weighted by molar-refractivity contribution is 5.81. The van der Waals surface area contributed by atoms with Crippen molar-refractivity contribution >= 4 is 5.91 Å². The zero-order valence-corrected chi connectivity index (χ0v) is 13.3. The summed E-state index contributed by atoms with van der Waals surface area (Å²) in [5.74, 6) is 0.746. The van der Waals surface area contributed by atoms with Crippen molar-refractivity contribution in [1.82, 2.24) is 20.0 Å². The summed E-state index contributed by atoms with van der Waals surface area (Å²) in [7, 11) is 1.96. The number of piperidine rings is 1. The second kappa shape index (κ2) is 5.79. The van der Waals surface area contributed by atoms with Gasteiger partial charge in [0.1, 0.15) is 0 Å². The summed E-state index contributed by atoms with van der Waals surface area (Å²) >= 11 is 0. The van der Waals surface area contributed by atoms with Gasteiger partial charge < -0.3 is 10.2 Å². The number of aryl methyl sites for hydroxylation is 2. The number of carbonyl (C=O) groups excluding carboxylic acids is 1. The third kappa shape index (κ3) is 3.28. The molecule has 21 heavy (non-hydrogen) atoms. The lowest BCUT2D eigenvalue weighted by Crippen LogP contribution is -2.46. The average molecular weight is 290 g/mol. The van der Waals surface area contributed by atoms with Crippen LogP contribution in [0.1, 0.15) is 49.9 Å². The van der Waals surface area contributed by atoms with Crippen LogP contribution in [0.25, 0.3) is 0 Å². The number of carbonyl (C=O) groups is 1. The standard InChI is InChI=1S/C16H26N4O/c1-11(15-10-19(3)18-12(15)2)17-14-6-8-20(9-7-14)16(21)13-4-5-13/h10-11,13-14,17H,4-9H2,1-3H3. The molecular formula is C16H26N4O. The van der Waals surface area contributed by atoms with Crippen molar-refractivity contribution in [3.63, 3.8) is 0 Å². The summed E-state index contributed by atoms with van der Waals surface area (Å²) < 4.78 is 1.87. The lowest BCUT2D eigenvalue weighted by molar-refractivity contribution is -0.133. The molecule has 1 aliphatic carbocycles. The molecule has 2 aliphatic rings. The maximum Gasteiger partial charge on any atom is 0.225 e. The highest BCUT2D eigenvalue weighted by Gasteiger charge is 2.35. The van der Waals surface area contributed by atoms with E-state index in [0.717, 1.165) is 44.5 Å². The van der Waals surface area contributed by atoms with Crippen LogP contribution in [0.15, 0.2) is 6.20 Å². The number of rotatable bonds is 4. The number of aromatic nitrogens is 2. The largest absolute Gasteiger partial charge is 0.342 e. The van der Waals surface area contributed by atoms with Crippen LogP contribution in [0.4, 0.5) is 0 Å². The molecule has 0 bridgehead atoms. The van der Waals surface area contributed by atoms with E-state index in [1.807, 2.05) is 11.7 Å². The third-order valence-corrected chi connectivity index (χ3v) is 4.74.